The number of carbonyl (C=O) groups excluding carboxylic acids is 2. The van der Waals surface area contributed by atoms with Crippen molar-refractivity contribution >= 4 is 45.1 Å². The molecule has 4 aliphatic rings. The van der Waals surface area contributed by atoms with E-state index in [4.69, 9.17) is 28.8 Å². The van der Waals surface area contributed by atoms with Crippen LogP contribution in [0.25, 0.3) is 0 Å². The summed E-state index contributed by atoms with van der Waals surface area (Å²) in [6.07, 6.45) is 12.1. The Bertz CT molecular complexity index is 1860. The molecule has 10 atom stereocenters. The summed E-state index contributed by atoms with van der Waals surface area (Å²) >= 11 is 11.7. The van der Waals surface area contributed by atoms with E-state index >= 15 is 0 Å². The fourth-order valence-electron chi connectivity index (χ4n) is 8.42. The molecule has 0 spiro atoms. The van der Waals surface area contributed by atoms with Crippen LogP contribution in [-0.4, -0.2) is 71.8 Å². The van der Waals surface area contributed by atoms with Crippen LogP contribution < -0.4 is 40.2 Å². The van der Waals surface area contributed by atoms with Gasteiger partial charge < -0.3 is 12.1 Å². The summed E-state index contributed by atoms with van der Waals surface area (Å²) in [7, 11) is -4.39. The predicted molar refractivity (Wildman–Crippen MR) is 204 cm³/mol. The molecule has 4 fully saturated rings. The Hall–Kier alpha value is -2.78. The van der Waals surface area contributed by atoms with E-state index in [9.17, 15) is 22.4 Å². The fraction of sp³-hybridized carbons (Fsp3) is 0.474. The van der Waals surface area contributed by atoms with E-state index < -0.39 is 17.3 Å². The molecule has 16 heteroatoms. The van der Waals surface area contributed by atoms with Gasteiger partial charge >= 0.3 is 29.6 Å². The van der Waals surface area contributed by atoms with E-state index in [1.807, 2.05) is 25.3 Å². The predicted octanol–water partition coefficient (Wildman–Crippen LogP) is 4.12. The molecule has 54 heavy (non-hydrogen) atoms. The molecule has 2 aromatic carbocycles. The van der Waals surface area contributed by atoms with E-state index in [1.54, 1.807) is 60.9 Å². The van der Waals surface area contributed by atoms with Gasteiger partial charge in [-0.15, -0.1) is 0 Å². The minimum absolute atomic E-state index is 0. The van der Waals surface area contributed by atoms with Crippen LogP contribution in [0.3, 0.4) is 0 Å². The van der Waals surface area contributed by atoms with Crippen molar-refractivity contribution in [1.82, 2.24) is 30.6 Å². The Morgan fingerprint density at radius 2 is 1.35 bits per heavy atom. The van der Waals surface area contributed by atoms with Crippen LogP contribution in [0.15, 0.2) is 85.5 Å². The van der Waals surface area contributed by atoms with Crippen LogP contribution in [0.5, 0.6) is 0 Å². The van der Waals surface area contributed by atoms with Gasteiger partial charge in [-0.1, -0.05) is 23.2 Å². The van der Waals surface area contributed by atoms with Crippen molar-refractivity contribution in [2.24, 2.45) is 35.5 Å². The molecule has 11 nitrogen and oxygen atoms in total. The second kappa shape index (κ2) is 19.9. The second-order valence-electron chi connectivity index (χ2n) is 14.1. The molecule has 4 aromatic rings. The summed E-state index contributed by atoms with van der Waals surface area (Å²) in [5.74, 6) is 3.24. The molecule has 0 bridgehead atoms. The molecule has 4 saturated carbocycles. The van der Waals surface area contributed by atoms with E-state index in [-0.39, 0.29) is 61.0 Å². The normalized spacial score (nSPS) is 26.8. The Labute approximate surface area is 351 Å². The molecule has 4 aliphatic carbocycles. The van der Waals surface area contributed by atoms with E-state index in [0.29, 0.717) is 50.9 Å². The van der Waals surface area contributed by atoms with Gasteiger partial charge in [0.1, 0.15) is 0 Å². The quantitative estimate of drug-likeness (QED) is 0.170. The standard InChI is InChI=1S/C18H20ClN3O.C16H20ClNO4S.C3H4N2.CH3F.Na.H/c1-11(21-18(23)12-3-5-13(19)6-4-12)17-15-9-14(10-16(15)17)22-8-2-7-20-22;1-9(18-16(19)10-3-5-11(17)6-4-10)15-13-7-12(8-14(13)15)22-23(2,20)21;1-2-4-5-3-1;1-2;;/h2-8,11,14-17H,9-10H2,1H3,(H,21,23);3-6,9,12-15H,7-8H2,1-2H3,(H,18,19);1-3H,(H,4,5);1H3;;/q;;;;+1;-1/t11?,14?,15-,16+,17?;9?,12?,13-,14+,15?;;;;/i;;;1D;;. The number of rotatable bonds is 9. The summed E-state index contributed by atoms with van der Waals surface area (Å²) in [5.41, 5.74) is 1.26. The molecule has 2 aromatic heterocycles. The zero-order valence-corrected chi connectivity index (χ0v) is 35.1. The van der Waals surface area contributed by atoms with Gasteiger partial charge in [-0.3, -0.25) is 27.9 Å². The first-order valence-electron chi connectivity index (χ1n) is 18.3. The third-order valence-electron chi connectivity index (χ3n) is 10.7. The van der Waals surface area contributed by atoms with Gasteiger partial charge in [-0.05, 0) is 136 Å². The van der Waals surface area contributed by atoms with E-state index in [0.717, 1.165) is 30.9 Å². The second-order valence-corrected chi connectivity index (χ2v) is 16.6. The smallest absolute Gasteiger partial charge is 1.00 e. The first-order chi connectivity index (χ1) is 25.8. The van der Waals surface area contributed by atoms with Gasteiger partial charge in [-0.2, -0.15) is 18.6 Å². The Kier molecular flexibility index (Phi) is 15.6. The number of aromatic nitrogens is 4. The summed E-state index contributed by atoms with van der Waals surface area (Å²) in [6, 6.07) is 18.5. The number of aromatic amines is 1. The average molecular weight is 815 g/mol. The maximum absolute atomic E-state index is 12.3. The Morgan fingerprint density at radius 3 is 1.70 bits per heavy atom. The van der Waals surface area contributed by atoms with Crippen molar-refractivity contribution in [1.29, 1.82) is 0 Å². The van der Waals surface area contributed by atoms with Crippen LogP contribution in [0.1, 0.15) is 69.1 Å². The molecule has 2 heterocycles. The van der Waals surface area contributed by atoms with Crippen molar-refractivity contribution in [2.75, 3.05) is 13.4 Å². The fourth-order valence-corrected chi connectivity index (χ4v) is 9.32. The zero-order chi connectivity index (χ0) is 39.0. The Balaban J connectivity index is 0.000000244. The van der Waals surface area contributed by atoms with Crippen molar-refractivity contribution < 1.29 is 58.9 Å². The summed E-state index contributed by atoms with van der Waals surface area (Å²) < 4.78 is 45.0. The first kappa shape index (κ1) is 42.4. The Morgan fingerprint density at radius 1 is 0.889 bits per heavy atom. The number of benzene rings is 2. The molecular formula is C38H48Cl2FN6NaO5S. The SMILES string of the molecule is CC(NC(=O)c1ccc(Cl)cc1)C1[C@H]2CC(OS(C)(=O)=O)C[C@@H]12.CC(NC(=O)c1ccc(Cl)cc1)C1[C@H]2CC(n3cccn3)C[C@@H]12.[2H]CF.[H-].[Na+].c1cn[nH]c1. The summed E-state index contributed by atoms with van der Waals surface area (Å²) in [4.78, 5) is 24.5. The van der Waals surface area contributed by atoms with Gasteiger partial charge in [0.25, 0.3) is 21.9 Å². The van der Waals surface area contributed by atoms with Crippen LogP contribution in [-0.2, 0) is 14.3 Å². The van der Waals surface area contributed by atoms with Crippen LogP contribution in [0.2, 0.25) is 10.0 Å². The van der Waals surface area contributed by atoms with Crippen molar-refractivity contribution in [3.63, 3.8) is 0 Å². The van der Waals surface area contributed by atoms with Crippen LogP contribution in [0.4, 0.5) is 4.39 Å². The van der Waals surface area contributed by atoms with Gasteiger partial charge in [0.05, 0.1) is 26.9 Å². The minimum Gasteiger partial charge on any atom is -1.00 e. The largest absolute Gasteiger partial charge is 1.00 e. The average Bonchev–Trinajstić information content (AvgIpc) is 3.63. The monoisotopic (exact) mass is 813 g/mol. The molecule has 8 rings (SSSR count). The van der Waals surface area contributed by atoms with Crippen molar-refractivity contribution in [3.05, 3.63) is 107 Å². The van der Waals surface area contributed by atoms with Crippen LogP contribution >= 0.6 is 23.2 Å². The number of carbonyl (C=O) groups is 2. The number of H-pyrrole nitrogens is 1. The van der Waals surface area contributed by atoms with Gasteiger partial charge in [0.15, 0.2) is 0 Å². The number of hydrogen-bond acceptors (Lipinski definition) is 7. The topological polar surface area (TPSA) is 148 Å². The molecule has 2 amide bonds. The number of halogens is 3. The molecule has 0 radical (unpaired) electrons. The zero-order valence-electron chi connectivity index (χ0n) is 32.8. The third kappa shape index (κ3) is 11.9. The van der Waals surface area contributed by atoms with E-state index in [1.165, 1.54) is 12.8 Å². The number of amides is 2. The van der Waals surface area contributed by atoms with Crippen molar-refractivity contribution in [2.45, 2.75) is 63.8 Å². The third-order valence-corrected chi connectivity index (χ3v) is 11.8. The number of hydrogen-bond donors (Lipinski definition) is 3. The molecule has 0 saturated heterocycles. The van der Waals surface area contributed by atoms with E-state index in [2.05, 4.69) is 43.7 Å². The molecule has 288 valence electrons. The first-order valence-corrected chi connectivity index (χ1v) is 20.2. The maximum Gasteiger partial charge on any atom is 1.00 e. The molecular weight excluding hydrogens is 765 g/mol. The number of nitrogens with zero attached hydrogens (tertiary/aromatic N) is 3. The number of alkyl halides is 1. The van der Waals surface area contributed by atoms with Crippen LogP contribution in [0, 0.1) is 35.5 Å². The molecule has 0 aliphatic heterocycles. The minimum atomic E-state index is -3.39. The van der Waals surface area contributed by atoms with Gasteiger partial charge in [0, 0.05) is 58.0 Å². The number of fused-ring (bicyclic) bond motifs is 2. The van der Waals surface area contributed by atoms with Gasteiger partial charge in [0.2, 0.25) is 0 Å². The van der Waals surface area contributed by atoms with Gasteiger partial charge in [-0.25, -0.2) is 0 Å². The molecule has 6 unspecified atom stereocenters. The molecule has 3 N–H and O–H groups in total. The van der Waals surface area contributed by atoms with Crippen molar-refractivity contribution in [3.8, 4) is 0 Å². The summed E-state index contributed by atoms with van der Waals surface area (Å²) in [5, 5.41) is 18.0. The summed E-state index contributed by atoms with van der Waals surface area (Å²) in [6.45, 7) is 4.13. The number of nitrogens with one attached hydrogen (secondary N) is 3. The maximum atomic E-state index is 12.3.